The maximum Gasteiger partial charge on any atom is 0.236 e. The third kappa shape index (κ3) is 4.18. The van der Waals surface area contributed by atoms with Gasteiger partial charge in [-0.2, -0.15) is 0 Å². The van der Waals surface area contributed by atoms with Crippen molar-refractivity contribution in [3.63, 3.8) is 0 Å². The van der Waals surface area contributed by atoms with Crippen molar-refractivity contribution in [2.75, 3.05) is 33.2 Å². The molecule has 1 aliphatic carbocycles. The summed E-state index contributed by atoms with van der Waals surface area (Å²) in [5.41, 5.74) is 5.52. The highest BCUT2D eigenvalue weighted by Gasteiger charge is 2.29. The SMILES string of the molecule is CCCN(CCN)CC(=O)N(C)C1CC1. The van der Waals surface area contributed by atoms with Crippen LogP contribution >= 0.6 is 0 Å². The predicted molar refractivity (Wildman–Crippen MR) is 61.6 cm³/mol. The van der Waals surface area contributed by atoms with Gasteiger partial charge < -0.3 is 10.6 Å². The molecule has 0 atom stereocenters. The normalized spacial score (nSPS) is 15.7. The van der Waals surface area contributed by atoms with Gasteiger partial charge in [-0.3, -0.25) is 9.69 Å². The molecule has 0 radical (unpaired) electrons. The Hall–Kier alpha value is -0.610. The molecule has 4 heteroatoms. The second-order valence-corrected chi connectivity index (χ2v) is 4.30. The van der Waals surface area contributed by atoms with E-state index >= 15 is 0 Å². The van der Waals surface area contributed by atoms with Crippen LogP contribution in [0.25, 0.3) is 0 Å². The maximum absolute atomic E-state index is 11.8. The Bertz CT molecular complexity index is 198. The summed E-state index contributed by atoms with van der Waals surface area (Å²) in [5.74, 6) is 0.236. The van der Waals surface area contributed by atoms with Crippen molar-refractivity contribution in [2.24, 2.45) is 5.73 Å². The summed E-state index contributed by atoms with van der Waals surface area (Å²) in [6.45, 7) is 5.05. The molecule has 2 N–H and O–H groups in total. The van der Waals surface area contributed by atoms with Crippen LogP contribution in [0.1, 0.15) is 26.2 Å². The van der Waals surface area contributed by atoms with E-state index in [0.29, 0.717) is 19.1 Å². The van der Waals surface area contributed by atoms with E-state index in [1.54, 1.807) is 0 Å². The van der Waals surface area contributed by atoms with E-state index in [4.69, 9.17) is 5.73 Å². The van der Waals surface area contributed by atoms with Gasteiger partial charge in [0.25, 0.3) is 0 Å². The molecule has 1 fully saturated rings. The first-order valence-corrected chi connectivity index (χ1v) is 5.87. The molecule has 0 heterocycles. The number of nitrogens with two attached hydrogens (primary N) is 1. The zero-order valence-corrected chi connectivity index (χ0v) is 9.91. The molecular weight excluding hydrogens is 190 g/mol. The first kappa shape index (κ1) is 12.5. The van der Waals surface area contributed by atoms with Gasteiger partial charge in [-0.1, -0.05) is 6.92 Å². The summed E-state index contributed by atoms with van der Waals surface area (Å²) in [5, 5.41) is 0. The van der Waals surface area contributed by atoms with Crippen molar-refractivity contribution in [1.82, 2.24) is 9.80 Å². The number of hydrogen-bond donors (Lipinski definition) is 1. The van der Waals surface area contributed by atoms with E-state index in [9.17, 15) is 4.79 Å². The van der Waals surface area contributed by atoms with E-state index in [1.807, 2.05) is 11.9 Å². The van der Waals surface area contributed by atoms with E-state index in [2.05, 4.69) is 11.8 Å². The number of carbonyl (C=O) groups is 1. The summed E-state index contributed by atoms with van der Waals surface area (Å²) in [7, 11) is 1.91. The Morgan fingerprint density at radius 1 is 1.40 bits per heavy atom. The van der Waals surface area contributed by atoms with Crippen LogP contribution in [0.2, 0.25) is 0 Å². The van der Waals surface area contributed by atoms with Gasteiger partial charge in [-0.05, 0) is 25.8 Å². The lowest BCUT2D eigenvalue weighted by atomic mass is 10.3. The van der Waals surface area contributed by atoms with Crippen LogP contribution in [0.15, 0.2) is 0 Å². The number of carbonyl (C=O) groups excluding carboxylic acids is 1. The van der Waals surface area contributed by atoms with Crippen molar-refractivity contribution in [1.29, 1.82) is 0 Å². The molecule has 0 bridgehead atoms. The standard InChI is InChI=1S/C11H23N3O/c1-3-7-14(8-6-12)9-11(15)13(2)10-4-5-10/h10H,3-9,12H2,1-2H3. The van der Waals surface area contributed by atoms with Crippen molar-refractivity contribution in [2.45, 2.75) is 32.2 Å². The first-order valence-electron chi connectivity index (χ1n) is 5.87. The fourth-order valence-corrected chi connectivity index (χ4v) is 1.74. The van der Waals surface area contributed by atoms with Gasteiger partial charge in [0.2, 0.25) is 5.91 Å². The molecule has 0 aromatic carbocycles. The fraction of sp³-hybridized carbons (Fsp3) is 0.909. The van der Waals surface area contributed by atoms with Crippen molar-refractivity contribution >= 4 is 5.91 Å². The van der Waals surface area contributed by atoms with Crippen LogP contribution in [0.4, 0.5) is 0 Å². The summed E-state index contributed by atoms with van der Waals surface area (Å²) in [4.78, 5) is 15.9. The minimum atomic E-state index is 0.236. The lowest BCUT2D eigenvalue weighted by molar-refractivity contribution is -0.131. The molecule has 1 saturated carbocycles. The van der Waals surface area contributed by atoms with Gasteiger partial charge in [0.05, 0.1) is 6.54 Å². The lowest BCUT2D eigenvalue weighted by Crippen LogP contribution is -2.41. The second kappa shape index (κ2) is 6.08. The van der Waals surface area contributed by atoms with Crippen LogP contribution in [0.5, 0.6) is 0 Å². The van der Waals surface area contributed by atoms with E-state index in [-0.39, 0.29) is 5.91 Å². The highest BCUT2D eigenvalue weighted by Crippen LogP contribution is 2.25. The Kier molecular flexibility index (Phi) is 5.05. The molecule has 1 rings (SSSR count). The quantitative estimate of drug-likeness (QED) is 0.661. The van der Waals surface area contributed by atoms with Crippen LogP contribution < -0.4 is 5.73 Å². The molecule has 88 valence electrons. The Morgan fingerprint density at radius 3 is 2.53 bits per heavy atom. The average molecular weight is 213 g/mol. The van der Waals surface area contributed by atoms with Crippen LogP contribution in [-0.4, -0.2) is 55.0 Å². The van der Waals surface area contributed by atoms with Gasteiger partial charge >= 0.3 is 0 Å². The number of nitrogens with zero attached hydrogens (tertiary/aromatic N) is 2. The predicted octanol–water partition coefficient (Wildman–Crippen LogP) is 0.278. The van der Waals surface area contributed by atoms with Gasteiger partial charge in [0, 0.05) is 26.2 Å². The Balaban J connectivity index is 2.31. The minimum Gasteiger partial charge on any atom is -0.342 e. The smallest absolute Gasteiger partial charge is 0.236 e. The topological polar surface area (TPSA) is 49.6 Å². The highest BCUT2D eigenvalue weighted by atomic mass is 16.2. The van der Waals surface area contributed by atoms with Crippen molar-refractivity contribution in [3.05, 3.63) is 0 Å². The molecule has 0 saturated heterocycles. The summed E-state index contributed by atoms with van der Waals surface area (Å²) in [6.07, 6.45) is 3.42. The van der Waals surface area contributed by atoms with Crippen LogP contribution in [0, 0.1) is 0 Å². The monoisotopic (exact) mass is 213 g/mol. The second-order valence-electron chi connectivity index (χ2n) is 4.30. The number of amides is 1. The van der Waals surface area contributed by atoms with Gasteiger partial charge in [0.1, 0.15) is 0 Å². The zero-order valence-electron chi connectivity index (χ0n) is 9.91. The molecule has 0 aromatic rings. The summed E-state index contributed by atoms with van der Waals surface area (Å²) in [6, 6.07) is 0.513. The van der Waals surface area contributed by atoms with Gasteiger partial charge in [-0.25, -0.2) is 0 Å². The third-order valence-corrected chi connectivity index (χ3v) is 2.83. The average Bonchev–Trinajstić information content (AvgIpc) is 3.00. The third-order valence-electron chi connectivity index (χ3n) is 2.83. The molecule has 0 aliphatic heterocycles. The molecule has 1 amide bonds. The largest absolute Gasteiger partial charge is 0.342 e. The highest BCUT2D eigenvalue weighted by molar-refractivity contribution is 5.78. The molecule has 0 aromatic heterocycles. The summed E-state index contributed by atoms with van der Waals surface area (Å²) < 4.78 is 0. The zero-order chi connectivity index (χ0) is 11.3. The Labute approximate surface area is 92.4 Å². The van der Waals surface area contributed by atoms with E-state index < -0.39 is 0 Å². The van der Waals surface area contributed by atoms with Gasteiger partial charge in [0.15, 0.2) is 0 Å². The molecule has 15 heavy (non-hydrogen) atoms. The number of rotatable bonds is 7. The summed E-state index contributed by atoms with van der Waals surface area (Å²) >= 11 is 0. The van der Waals surface area contributed by atoms with E-state index in [1.165, 1.54) is 12.8 Å². The van der Waals surface area contributed by atoms with Crippen LogP contribution in [0.3, 0.4) is 0 Å². The number of likely N-dealkylation sites (N-methyl/N-ethyl adjacent to an activating group) is 1. The van der Waals surface area contributed by atoms with Crippen LogP contribution in [-0.2, 0) is 4.79 Å². The maximum atomic E-state index is 11.8. The van der Waals surface area contributed by atoms with Crippen molar-refractivity contribution in [3.8, 4) is 0 Å². The fourth-order valence-electron chi connectivity index (χ4n) is 1.74. The molecule has 1 aliphatic rings. The first-order chi connectivity index (χ1) is 7.19. The van der Waals surface area contributed by atoms with Gasteiger partial charge in [-0.15, -0.1) is 0 Å². The molecule has 4 nitrogen and oxygen atoms in total. The molecule has 0 unspecified atom stereocenters. The Morgan fingerprint density at radius 2 is 2.07 bits per heavy atom. The molecular formula is C11H23N3O. The van der Waals surface area contributed by atoms with Crippen molar-refractivity contribution < 1.29 is 4.79 Å². The van der Waals surface area contributed by atoms with E-state index in [0.717, 1.165) is 19.5 Å². The lowest BCUT2D eigenvalue weighted by Gasteiger charge is -2.24. The molecule has 0 spiro atoms. The minimum absolute atomic E-state index is 0.236. The number of hydrogen-bond acceptors (Lipinski definition) is 3.